The number of hydrogen-bond donors (Lipinski definition) is 1. The molecule has 0 atom stereocenters. The number of piperazine rings is 1. The van der Waals surface area contributed by atoms with Gasteiger partial charge >= 0.3 is 6.09 Å². The second-order valence-corrected chi connectivity index (χ2v) is 8.08. The molecule has 132 valence electrons. The third-order valence-corrected chi connectivity index (χ3v) is 4.61. The highest BCUT2D eigenvalue weighted by atomic mass is 79.9. The molecule has 6 nitrogen and oxygen atoms in total. The van der Waals surface area contributed by atoms with Crippen LogP contribution in [0, 0.1) is 0 Å². The zero-order valence-corrected chi connectivity index (χ0v) is 16.1. The van der Waals surface area contributed by atoms with E-state index in [-0.39, 0.29) is 6.09 Å². The van der Waals surface area contributed by atoms with E-state index in [1.807, 2.05) is 20.8 Å². The first-order valence-corrected chi connectivity index (χ1v) is 9.29. The lowest BCUT2D eigenvalue weighted by Crippen LogP contribution is -2.50. The largest absolute Gasteiger partial charge is 0.444 e. The number of aromatic nitrogens is 1. The summed E-state index contributed by atoms with van der Waals surface area (Å²) in [6, 6.07) is 2.07. The third kappa shape index (κ3) is 3.94. The van der Waals surface area contributed by atoms with Crippen LogP contribution in [0.25, 0.3) is 0 Å². The minimum atomic E-state index is -0.451. The van der Waals surface area contributed by atoms with Gasteiger partial charge in [0.25, 0.3) is 0 Å². The summed E-state index contributed by atoms with van der Waals surface area (Å²) in [4.78, 5) is 20.9. The van der Waals surface area contributed by atoms with Crippen molar-refractivity contribution in [1.82, 2.24) is 9.88 Å². The predicted octanol–water partition coefficient (Wildman–Crippen LogP) is 3.26. The number of aryl methyl sites for hydroxylation is 1. The van der Waals surface area contributed by atoms with E-state index in [0.29, 0.717) is 13.1 Å². The van der Waals surface area contributed by atoms with Gasteiger partial charge in [-0.15, -0.1) is 0 Å². The van der Waals surface area contributed by atoms with Gasteiger partial charge in [0.2, 0.25) is 0 Å². The van der Waals surface area contributed by atoms with Gasteiger partial charge < -0.3 is 19.9 Å². The van der Waals surface area contributed by atoms with Gasteiger partial charge in [0.05, 0.1) is 17.1 Å². The van der Waals surface area contributed by atoms with Gasteiger partial charge in [-0.2, -0.15) is 0 Å². The molecule has 2 aliphatic heterocycles. The zero-order valence-electron chi connectivity index (χ0n) is 14.6. The fourth-order valence-electron chi connectivity index (χ4n) is 3.10. The van der Waals surface area contributed by atoms with Crippen molar-refractivity contribution in [2.24, 2.45) is 0 Å². The Morgan fingerprint density at radius 2 is 2.00 bits per heavy atom. The molecular weight excluding hydrogens is 372 g/mol. The summed E-state index contributed by atoms with van der Waals surface area (Å²) in [7, 11) is 0. The third-order valence-electron chi connectivity index (χ3n) is 4.21. The van der Waals surface area contributed by atoms with Crippen LogP contribution in [0.4, 0.5) is 16.2 Å². The lowest BCUT2D eigenvalue weighted by atomic mass is 10.1. The van der Waals surface area contributed by atoms with Crippen LogP contribution in [0.2, 0.25) is 0 Å². The van der Waals surface area contributed by atoms with Crippen molar-refractivity contribution in [2.75, 3.05) is 42.9 Å². The van der Waals surface area contributed by atoms with E-state index in [1.54, 1.807) is 4.90 Å². The van der Waals surface area contributed by atoms with Crippen LogP contribution < -0.4 is 10.2 Å². The molecule has 1 fully saturated rings. The molecular formula is C17H25BrN4O2. The number of carbonyl (C=O) groups excluding carboxylic acids is 1. The average molecular weight is 397 g/mol. The maximum atomic E-state index is 12.2. The average Bonchev–Trinajstić information content (AvgIpc) is 2.52. The minimum absolute atomic E-state index is 0.224. The molecule has 1 aromatic rings. The van der Waals surface area contributed by atoms with Crippen LogP contribution in [-0.4, -0.2) is 54.3 Å². The minimum Gasteiger partial charge on any atom is -0.444 e. The first-order valence-electron chi connectivity index (χ1n) is 8.50. The molecule has 1 aromatic heterocycles. The molecule has 0 saturated carbocycles. The van der Waals surface area contributed by atoms with E-state index in [9.17, 15) is 4.79 Å². The smallest absolute Gasteiger partial charge is 0.410 e. The van der Waals surface area contributed by atoms with E-state index < -0.39 is 5.60 Å². The van der Waals surface area contributed by atoms with Gasteiger partial charge in [0.15, 0.2) is 0 Å². The molecule has 0 aliphatic carbocycles. The standard InChI is InChI=1S/C17H25BrN4O2/c1-17(2,3)24-16(23)22-9-7-21(8-10-22)13-11-14(18)20-12-5-4-6-19-15(12)13/h11,19H,4-10H2,1-3H3. The number of pyridine rings is 1. The maximum Gasteiger partial charge on any atom is 0.410 e. The Hall–Kier alpha value is -1.50. The number of hydrogen-bond acceptors (Lipinski definition) is 5. The van der Waals surface area contributed by atoms with Crippen LogP contribution >= 0.6 is 15.9 Å². The second kappa shape index (κ2) is 6.78. The van der Waals surface area contributed by atoms with Crippen molar-refractivity contribution in [3.8, 4) is 0 Å². The van der Waals surface area contributed by atoms with Crippen molar-refractivity contribution in [1.29, 1.82) is 0 Å². The van der Waals surface area contributed by atoms with Gasteiger partial charge in [-0.25, -0.2) is 9.78 Å². The number of amides is 1. The number of nitrogens with one attached hydrogen (secondary N) is 1. The normalized spacial score (nSPS) is 18.0. The first-order chi connectivity index (χ1) is 11.3. The highest BCUT2D eigenvalue weighted by Gasteiger charge is 2.28. The fraction of sp³-hybridized carbons (Fsp3) is 0.647. The van der Waals surface area contributed by atoms with Crippen LogP contribution in [-0.2, 0) is 11.2 Å². The summed E-state index contributed by atoms with van der Waals surface area (Å²) in [5.74, 6) is 0. The Morgan fingerprint density at radius 3 is 2.67 bits per heavy atom. The van der Waals surface area contributed by atoms with E-state index in [2.05, 4.69) is 37.2 Å². The van der Waals surface area contributed by atoms with Crippen LogP contribution in [0.3, 0.4) is 0 Å². The molecule has 0 spiro atoms. The molecule has 24 heavy (non-hydrogen) atoms. The number of ether oxygens (including phenoxy) is 1. The summed E-state index contributed by atoms with van der Waals surface area (Å²) in [6.07, 6.45) is 1.90. The van der Waals surface area contributed by atoms with Crippen molar-refractivity contribution in [3.63, 3.8) is 0 Å². The quantitative estimate of drug-likeness (QED) is 0.738. The number of fused-ring (bicyclic) bond motifs is 1. The Kier molecular flexibility index (Phi) is 4.90. The van der Waals surface area contributed by atoms with E-state index in [0.717, 1.165) is 48.5 Å². The van der Waals surface area contributed by atoms with Gasteiger partial charge in [-0.3, -0.25) is 0 Å². The van der Waals surface area contributed by atoms with Crippen LogP contribution in [0.1, 0.15) is 32.9 Å². The van der Waals surface area contributed by atoms with Crippen molar-refractivity contribution in [3.05, 3.63) is 16.4 Å². The molecule has 0 aromatic carbocycles. The number of halogens is 1. The Balaban J connectivity index is 1.69. The fourth-order valence-corrected chi connectivity index (χ4v) is 3.53. The molecule has 3 rings (SSSR count). The van der Waals surface area contributed by atoms with Crippen LogP contribution in [0.15, 0.2) is 10.7 Å². The highest BCUT2D eigenvalue weighted by Crippen LogP contribution is 2.34. The summed E-state index contributed by atoms with van der Waals surface area (Å²) >= 11 is 3.53. The molecule has 1 N–H and O–H groups in total. The van der Waals surface area contributed by atoms with E-state index in [4.69, 9.17) is 4.74 Å². The number of rotatable bonds is 1. The monoisotopic (exact) mass is 396 g/mol. The highest BCUT2D eigenvalue weighted by molar-refractivity contribution is 9.10. The molecule has 0 unspecified atom stereocenters. The van der Waals surface area contributed by atoms with Crippen molar-refractivity contribution >= 4 is 33.4 Å². The Bertz CT molecular complexity index is 622. The van der Waals surface area contributed by atoms with Gasteiger partial charge in [0.1, 0.15) is 10.2 Å². The summed E-state index contributed by atoms with van der Waals surface area (Å²) in [5, 5.41) is 3.49. The Morgan fingerprint density at radius 1 is 1.29 bits per heavy atom. The molecule has 1 amide bonds. The summed E-state index contributed by atoms with van der Waals surface area (Å²) in [6.45, 7) is 9.61. The molecule has 1 saturated heterocycles. The predicted molar refractivity (Wildman–Crippen MR) is 98.8 cm³/mol. The molecule has 0 bridgehead atoms. The lowest BCUT2D eigenvalue weighted by molar-refractivity contribution is 0.0240. The second-order valence-electron chi connectivity index (χ2n) is 7.27. The SMILES string of the molecule is CC(C)(C)OC(=O)N1CCN(c2cc(Br)nc3c2NCCC3)CC1. The maximum absolute atomic E-state index is 12.2. The number of nitrogens with zero attached hydrogens (tertiary/aromatic N) is 3. The molecule has 2 aliphatic rings. The van der Waals surface area contributed by atoms with Crippen molar-refractivity contribution in [2.45, 2.75) is 39.2 Å². The summed E-state index contributed by atoms with van der Waals surface area (Å²) in [5.41, 5.74) is 3.00. The number of anilines is 2. The number of carbonyl (C=O) groups is 1. The van der Waals surface area contributed by atoms with Crippen molar-refractivity contribution < 1.29 is 9.53 Å². The summed E-state index contributed by atoms with van der Waals surface area (Å²) < 4.78 is 6.34. The first kappa shape index (κ1) is 17.3. The van der Waals surface area contributed by atoms with E-state index in [1.165, 1.54) is 5.69 Å². The molecule has 7 heteroatoms. The Labute approximate surface area is 151 Å². The van der Waals surface area contributed by atoms with E-state index >= 15 is 0 Å². The van der Waals surface area contributed by atoms with Gasteiger partial charge in [-0.1, -0.05) is 0 Å². The molecule has 3 heterocycles. The van der Waals surface area contributed by atoms with Gasteiger partial charge in [-0.05, 0) is 55.6 Å². The van der Waals surface area contributed by atoms with Gasteiger partial charge in [0, 0.05) is 32.7 Å². The topological polar surface area (TPSA) is 57.7 Å². The van der Waals surface area contributed by atoms with Crippen LogP contribution in [0.5, 0.6) is 0 Å². The molecule has 0 radical (unpaired) electrons. The zero-order chi connectivity index (χ0) is 17.3. The lowest BCUT2D eigenvalue weighted by Gasteiger charge is -2.38.